The Morgan fingerprint density at radius 1 is 1.33 bits per heavy atom. The number of rotatable bonds is 6. The lowest BCUT2D eigenvalue weighted by Gasteiger charge is -2.26. The molecule has 5 nitrogen and oxygen atoms in total. The summed E-state index contributed by atoms with van der Waals surface area (Å²) >= 11 is 0. The molecule has 5 heteroatoms. The topological polar surface area (TPSA) is 50.3 Å². The number of likely N-dealkylation sites (tertiary alicyclic amines) is 1. The van der Waals surface area contributed by atoms with Crippen LogP contribution in [-0.2, 0) is 0 Å². The maximum atomic E-state index is 5.66. The molecular weight excluding hydrogens is 228 g/mol. The summed E-state index contributed by atoms with van der Waals surface area (Å²) < 4.78 is 5.66. The van der Waals surface area contributed by atoms with Crippen LogP contribution in [0.4, 0.5) is 5.95 Å². The van der Waals surface area contributed by atoms with E-state index in [1.807, 2.05) is 6.92 Å². The average molecular weight is 250 g/mol. The van der Waals surface area contributed by atoms with E-state index in [0.717, 1.165) is 13.1 Å². The minimum atomic E-state index is 0.632. The molecule has 0 unspecified atom stereocenters. The molecule has 1 fully saturated rings. The van der Waals surface area contributed by atoms with Gasteiger partial charge in [0, 0.05) is 25.4 Å². The largest absolute Gasteiger partial charge is 0.476 e. The molecule has 0 saturated carbocycles. The molecule has 18 heavy (non-hydrogen) atoms. The van der Waals surface area contributed by atoms with E-state index in [1.165, 1.54) is 32.4 Å². The Balaban J connectivity index is 1.73. The highest BCUT2D eigenvalue weighted by molar-refractivity contribution is 5.26. The van der Waals surface area contributed by atoms with Gasteiger partial charge in [-0.15, -0.1) is 0 Å². The standard InChI is InChI=1S/C13H22N4O/c1-2-14-13-15-7-6-12(16-13)18-11-10-17-8-4-3-5-9-17/h6-7H,2-5,8-11H2,1H3,(H,14,15,16). The van der Waals surface area contributed by atoms with Crippen molar-refractivity contribution in [3.05, 3.63) is 12.3 Å². The first kappa shape index (κ1) is 13.1. The van der Waals surface area contributed by atoms with E-state index in [0.29, 0.717) is 18.4 Å². The smallest absolute Gasteiger partial charge is 0.225 e. The molecule has 100 valence electrons. The Hall–Kier alpha value is -1.36. The fraction of sp³-hybridized carbons (Fsp3) is 0.692. The molecule has 2 heterocycles. The second-order valence-electron chi connectivity index (χ2n) is 4.50. The normalized spacial score (nSPS) is 16.5. The van der Waals surface area contributed by atoms with Crippen LogP contribution in [0.25, 0.3) is 0 Å². The Bertz CT molecular complexity index is 353. The lowest BCUT2D eigenvalue weighted by molar-refractivity contribution is 0.180. The van der Waals surface area contributed by atoms with Crippen molar-refractivity contribution in [3.8, 4) is 5.88 Å². The maximum Gasteiger partial charge on any atom is 0.225 e. The van der Waals surface area contributed by atoms with Crippen LogP contribution in [0, 0.1) is 0 Å². The zero-order chi connectivity index (χ0) is 12.6. The van der Waals surface area contributed by atoms with Gasteiger partial charge >= 0.3 is 0 Å². The predicted molar refractivity (Wildman–Crippen MR) is 72.0 cm³/mol. The van der Waals surface area contributed by atoms with Crippen LogP contribution in [0.2, 0.25) is 0 Å². The first-order chi connectivity index (χ1) is 8.88. The van der Waals surface area contributed by atoms with Crippen molar-refractivity contribution in [2.24, 2.45) is 0 Å². The Kier molecular flexibility index (Phi) is 5.20. The van der Waals surface area contributed by atoms with Gasteiger partial charge in [-0.2, -0.15) is 4.98 Å². The van der Waals surface area contributed by atoms with E-state index in [4.69, 9.17) is 4.74 Å². The van der Waals surface area contributed by atoms with E-state index in [-0.39, 0.29) is 0 Å². The van der Waals surface area contributed by atoms with Crippen LogP contribution in [-0.4, -0.2) is 47.7 Å². The van der Waals surface area contributed by atoms with Gasteiger partial charge in [0.15, 0.2) is 0 Å². The molecule has 1 aliphatic rings. The number of nitrogens with one attached hydrogen (secondary N) is 1. The number of hydrogen-bond acceptors (Lipinski definition) is 5. The Labute approximate surface area is 109 Å². The van der Waals surface area contributed by atoms with Crippen LogP contribution in [0.15, 0.2) is 12.3 Å². The molecule has 0 spiro atoms. The fourth-order valence-corrected chi connectivity index (χ4v) is 2.13. The van der Waals surface area contributed by atoms with Crippen LogP contribution >= 0.6 is 0 Å². The second kappa shape index (κ2) is 7.16. The summed E-state index contributed by atoms with van der Waals surface area (Å²) in [6.45, 7) is 6.93. The van der Waals surface area contributed by atoms with Crippen molar-refractivity contribution in [2.45, 2.75) is 26.2 Å². The van der Waals surface area contributed by atoms with Gasteiger partial charge in [-0.25, -0.2) is 4.98 Å². The SMILES string of the molecule is CCNc1nccc(OCCN2CCCCC2)n1. The molecule has 0 amide bonds. The Morgan fingerprint density at radius 2 is 2.17 bits per heavy atom. The number of aromatic nitrogens is 2. The van der Waals surface area contributed by atoms with Gasteiger partial charge < -0.3 is 10.1 Å². The molecule has 0 atom stereocenters. The van der Waals surface area contributed by atoms with Gasteiger partial charge in [0.1, 0.15) is 6.61 Å². The van der Waals surface area contributed by atoms with Crippen molar-refractivity contribution in [1.82, 2.24) is 14.9 Å². The minimum Gasteiger partial charge on any atom is -0.476 e. The van der Waals surface area contributed by atoms with Crippen LogP contribution in [0.1, 0.15) is 26.2 Å². The van der Waals surface area contributed by atoms with Gasteiger partial charge in [-0.05, 0) is 32.9 Å². The molecular formula is C13H22N4O. The molecule has 1 aromatic rings. The summed E-state index contributed by atoms with van der Waals surface area (Å²) in [5, 5.41) is 3.08. The summed E-state index contributed by atoms with van der Waals surface area (Å²) in [7, 11) is 0. The van der Waals surface area contributed by atoms with Crippen LogP contribution < -0.4 is 10.1 Å². The zero-order valence-corrected chi connectivity index (χ0v) is 11.1. The first-order valence-electron chi connectivity index (χ1n) is 6.80. The lowest BCUT2D eigenvalue weighted by atomic mass is 10.1. The highest BCUT2D eigenvalue weighted by Gasteiger charge is 2.09. The summed E-state index contributed by atoms with van der Waals surface area (Å²) in [4.78, 5) is 10.9. The third kappa shape index (κ3) is 4.14. The summed E-state index contributed by atoms with van der Waals surface area (Å²) in [6, 6.07) is 1.80. The van der Waals surface area contributed by atoms with Crippen molar-refractivity contribution in [2.75, 3.05) is 38.1 Å². The van der Waals surface area contributed by atoms with E-state index in [2.05, 4.69) is 20.2 Å². The molecule has 2 rings (SSSR count). The van der Waals surface area contributed by atoms with Crippen LogP contribution in [0.3, 0.4) is 0 Å². The summed E-state index contributed by atoms with van der Waals surface area (Å²) in [5.74, 6) is 1.28. The van der Waals surface area contributed by atoms with Crippen molar-refractivity contribution in [1.29, 1.82) is 0 Å². The van der Waals surface area contributed by atoms with Gasteiger partial charge in [0.05, 0.1) is 0 Å². The maximum absolute atomic E-state index is 5.66. The zero-order valence-electron chi connectivity index (χ0n) is 11.1. The molecule has 0 radical (unpaired) electrons. The molecule has 0 bridgehead atoms. The monoisotopic (exact) mass is 250 g/mol. The molecule has 0 aromatic carbocycles. The molecule has 0 aliphatic carbocycles. The van der Waals surface area contributed by atoms with Crippen LogP contribution in [0.5, 0.6) is 5.88 Å². The fourth-order valence-electron chi connectivity index (χ4n) is 2.13. The molecule has 1 N–H and O–H groups in total. The molecule has 1 saturated heterocycles. The highest BCUT2D eigenvalue weighted by atomic mass is 16.5. The summed E-state index contributed by atoms with van der Waals surface area (Å²) in [6.07, 6.45) is 5.73. The third-order valence-corrected chi connectivity index (χ3v) is 3.07. The number of nitrogens with zero attached hydrogens (tertiary/aromatic N) is 3. The van der Waals surface area contributed by atoms with Gasteiger partial charge in [0.25, 0.3) is 0 Å². The quantitative estimate of drug-likeness (QED) is 0.834. The molecule has 1 aromatic heterocycles. The first-order valence-corrected chi connectivity index (χ1v) is 6.80. The average Bonchev–Trinajstić information content (AvgIpc) is 2.41. The summed E-state index contributed by atoms with van der Waals surface area (Å²) in [5.41, 5.74) is 0. The number of hydrogen-bond donors (Lipinski definition) is 1. The van der Waals surface area contributed by atoms with E-state index >= 15 is 0 Å². The van der Waals surface area contributed by atoms with Crippen molar-refractivity contribution >= 4 is 5.95 Å². The van der Waals surface area contributed by atoms with Gasteiger partial charge in [0.2, 0.25) is 11.8 Å². The van der Waals surface area contributed by atoms with E-state index in [1.54, 1.807) is 12.3 Å². The van der Waals surface area contributed by atoms with E-state index in [9.17, 15) is 0 Å². The van der Waals surface area contributed by atoms with E-state index < -0.39 is 0 Å². The van der Waals surface area contributed by atoms with Crippen molar-refractivity contribution < 1.29 is 4.74 Å². The lowest BCUT2D eigenvalue weighted by Crippen LogP contribution is -2.33. The van der Waals surface area contributed by atoms with Crippen molar-refractivity contribution in [3.63, 3.8) is 0 Å². The minimum absolute atomic E-state index is 0.632. The third-order valence-electron chi connectivity index (χ3n) is 3.07. The Morgan fingerprint density at radius 3 is 2.94 bits per heavy atom. The number of ether oxygens (including phenoxy) is 1. The molecule has 1 aliphatic heterocycles. The highest BCUT2D eigenvalue weighted by Crippen LogP contribution is 2.10. The second-order valence-corrected chi connectivity index (χ2v) is 4.50. The number of anilines is 1. The van der Waals surface area contributed by atoms with Gasteiger partial charge in [-0.3, -0.25) is 4.90 Å². The number of piperidine rings is 1. The predicted octanol–water partition coefficient (Wildman–Crippen LogP) is 1.77. The van der Waals surface area contributed by atoms with Gasteiger partial charge in [-0.1, -0.05) is 6.42 Å².